The monoisotopic (exact) mass is 642 g/mol. The number of aromatic nitrogens is 5. The quantitative estimate of drug-likeness (QED) is 0.119. The molecule has 0 bridgehead atoms. The predicted octanol–water partition coefficient (Wildman–Crippen LogP) is 2.73. The van der Waals surface area contributed by atoms with E-state index in [9.17, 15) is 34.0 Å². The molecule has 1 aromatic carbocycles. The molecule has 2 heterocycles. The predicted molar refractivity (Wildman–Crippen MR) is 141 cm³/mol. The molecule has 0 amide bonds. The zero-order valence-corrected chi connectivity index (χ0v) is 23.8. The van der Waals surface area contributed by atoms with E-state index < -0.39 is 49.8 Å². The van der Waals surface area contributed by atoms with Gasteiger partial charge in [-0.05, 0) is 42.0 Å². The first-order valence-electron chi connectivity index (χ1n) is 11.6. The number of halogens is 3. The average Bonchev–Trinajstić information content (AvgIpc) is 3.54. The van der Waals surface area contributed by atoms with Gasteiger partial charge in [-0.1, -0.05) is 52.7 Å². The van der Waals surface area contributed by atoms with Crippen LogP contribution < -0.4 is 5.32 Å². The van der Waals surface area contributed by atoms with Gasteiger partial charge in [0.1, 0.15) is 6.10 Å². The second kappa shape index (κ2) is 10.5. The van der Waals surface area contributed by atoms with E-state index >= 15 is 0 Å². The van der Waals surface area contributed by atoms with Gasteiger partial charge in [-0.2, -0.15) is 9.97 Å². The maximum atomic E-state index is 12.4. The molecule has 39 heavy (non-hydrogen) atoms. The number of aliphatic hydroxyl groups excluding tert-OH is 2. The fourth-order valence-electron chi connectivity index (χ4n) is 4.95. The molecular formula is C20H23Cl3N6O8P2. The Balaban J connectivity index is 1.37. The largest absolute Gasteiger partial charge is 0.390 e. The summed E-state index contributed by atoms with van der Waals surface area (Å²) in [5.74, 6) is -0.638. The van der Waals surface area contributed by atoms with Gasteiger partial charge in [-0.3, -0.25) is 9.13 Å². The Hall–Kier alpha value is -1.41. The normalized spacial score (nSPS) is 27.0. The Kier molecular flexibility index (Phi) is 7.80. The van der Waals surface area contributed by atoms with E-state index in [2.05, 4.69) is 31.7 Å². The molecule has 6 N–H and O–H groups in total. The summed E-state index contributed by atoms with van der Waals surface area (Å²) in [5, 5.41) is 32.9. The maximum absolute atomic E-state index is 12.4. The zero-order chi connectivity index (χ0) is 28.3. The number of aliphatic hydroxyl groups is 2. The first-order valence-corrected chi connectivity index (χ1v) is 15.9. The van der Waals surface area contributed by atoms with E-state index in [1.807, 2.05) is 18.2 Å². The molecule has 0 saturated heterocycles. The Bertz CT molecular complexity index is 1510. The molecule has 2 aliphatic carbocycles. The van der Waals surface area contributed by atoms with Crippen molar-refractivity contribution in [3.05, 3.63) is 40.7 Å². The van der Waals surface area contributed by atoms with Crippen LogP contribution in [0.25, 0.3) is 11.2 Å². The van der Waals surface area contributed by atoms with Crippen molar-refractivity contribution in [2.24, 2.45) is 5.92 Å². The summed E-state index contributed by atoms with van der Waals surface area (Å²) in [4.78, 5) is 36.9. The fourth-order valence-corrected chi connectivity index (χ4v) is 7.44. The van der Waals surface area contributed by atoms with Gasteiger partial charge in [0.25, 0.3) is 0 Å². The first kappa shape index (κ1) is 29.1. The molecule has 0 aliphatic heterocycles. The van der Waals surface area contributed by atoms with Crippen molar-refractivity contribution >= 4 is 67.0 Å². The van der Waals surface area contributed by atoms with Gasteiger partial charge in [0.2, 0.25) is 5.28 Å². The van der Waals surface area contributed by atoms with Crippen molar-refractivity contribution in [3.63, 3.8) is 0 Å². The van der Waals surface area contributed by atoms with Crippen LogP contribution in [0.15, 0.2) is 24.3 Å². The lowest BCUT2D eigenvalue weighted by Gasteiger charge is -2.26. The molecule has 0 spiro atoms. The summed E-state index contributed by atoms with van der Waals surface area (Å²) < 4.78 is 26.5. The van der Waals surface area contributed by atoms with Crippen LogP contribution in [-0.2, 0) is 20.1 Å². The van der Waals surface area contributed by atoms with Crippen molar-refractivity contribution < 1.29 is 38.5 Å². The number of nitrogens with one attached hydrogen (secondary N) is 1. The highest BCUT2D eigenvalue weighted by Crippen LogP contribution is 2.76. The maximum Gasteiger partial charge on any atom is 0.376 e. The molecule has 2 aliphatic rings. The van der Waals surface area contributed by atoms with E-state index in [-0.39, 0.29) is 28.9 Å². The van der Waals surface area contributed by atoms with Crippen LogP contribution in [-0.4, -0.2) is 72.5 Å². The third-order valence-electron chi connectivity index (χ3n) is 6.98. The zero-order valence-electron chi connectivity index (χ0n) is 19.7. The Labute approximate surface area is 236 Å². The van der Waals surface area contributed by atoms with Crippen LogP contribution in [0.1, 0.15) is 36.1 Å². The first-order chi connectivity index (χ1) is 18.2. The molecule has 5 rings (SSSR count). The highest BCUT2D eigenvalue weighted by atomic mass is 35.5. The molecule has 1 fully saturated rings. The Morgan fingerprint density at radius 3 is 2.56 bits per heavy atom. The van der Waals surface area contributed by atoms with Crippen LogP contribution in [0.4, 0.5) is 5.82 Å². The molecular weight excluding hydrogens is 621 g/mol. The topological polar surface area (TPSA) is 213 Å². The number of benzene rings is 1. The average molecular weight is 644 g/mol. The molecule has 212 valence electrons. The van der Waals surface area contributed by atoms with Crippen molar-refractivity contribution in [2.45, 2.75) is 47.4 Å². The van der Waals surface area contributed by atoms with Gasteiger partial charge >= 0.3 is 19.0 Å². The highest BCUT2D eigenvalue weighted by Gasteiger charge is 2.60. The number of alkyl halides is 2. The molecule has 14 nitrogen and oxygen atoms in total. The lowest BCUT2D eigenvalue weighted by atomic mass is 10.1. The molecule has 1 saturated carbocycles. The minimum absolute atomic E-state index is 0.0424. The smallest absolute Gasteiger partial charge is 0.376 e. The van der Waals surface area contributed by atoms with Crippen molar-refractivity contribution in [2.75, 3.05) is 11.9 Å². The van der Waals surface area contributed by atoms with Gasteiger partial charge < -0.3 is 34.7 Å². The van der Waals surface area contributed by atoms with Crippen molar-refractivity contribution in [1.82, 2.24) is 25.0 Å². The molecule has 3 aromatic rings. The van der Waals surface area contributed by atoms with E-state index in [0.29, 0.717) is 5.82 Å². The van der Waals surface area contributed by atoms with Crippen LogP contribution in [0.2, 0.25) is 5.28 Å². The van der Waals surface area contributed by atoms with Gasteiger partial charge in [-0.15, -0.1) is 5.10 Å². The van der Waals surface area contributed by atoms with E-state index in [0.717, 1.165) is 18.4 Å². The SMILES string of the molecule is O=P(O)(O)C(Cl)(Cl)P(=O)(O)OC[C@H]1C[C@@H](n2nnc3c(N[C@@H]4CCc5ccccc54)nc(Cl)nc32)[C@H](O)[C@@H]1O. The number of hydrogen-bond donors (Lipinski definition) is 6. The minimum Gasteiger partial charge on any atom is -0.390 e. The number of fused-ring (bicyclic) bond motifs is 2. The van der Waals surface area contributed by atoms with E-state index in [4.69, 9.17) is 39.3 Å². The summed E-state index contributed by atoms with van der Waals surface area (Å²) in [5.41, 5.74) is 2.81. The standard InChI is InChI=1S/C20H23Cl3N6O8P2/c21-19-25-17(24-12-6-5-9-3-1-2-4-11(9)12)14-18(26-19)29(28-27-14)13-7-10(15(30)16(13)31)8-37-39(35,36)20(22,23)38(32,33)34/h1-4,10,12-13,15-16,30-31H,5-8H2,(H,35,36)(H,24,25,26)(H2,32,33,34)/t10-,12-,13-,15-,16+/m1/s1. The van der Waals surface area contributed by atoms with Gasteiger partial charge in [0.15, 0.2) is 17.0 Å². The van der Waals surface area contributed by atoms with E-state index in [1.165, 1.54) is 10.2 Å². The molecule has 19 heteroatoms. The van der Waals surface area contributed by atoms with Crippen molar-refractivity contribution in [1.29, 1.82) is 0 Å². The van der Waals surface area contributed by atoms with Gasteiger partial charge in [0.05, 0.1) is 24.8 Å². The van der Waals surface area contributed by atoms with Crippen LogP contribution in [0.3, 0.4) is 0 Å². The second-order valence-corrected chi connectivity index (χ2v) is 16.2. The number of anilines is 1. The van der Waals surface area contributed by atoms with Crippen LogP contribution >= 0.6 is 50.0 Å². The lowest BCUT2D eigenvalue weighted by Crippen LogP contribution is -2.31. The number of hydrogen-bond acceptors (Lipinski definition) is 10. The van der Waals surface area contributed by atoms with Crippen molar-refractivity contribution in [3.8, 4) is 0 Å². The third kappa shape index (κ3) is 5.22. The fraction of sp³-hybridized carbons (Fsp3) is 0.500. The summed E-state index contributed by atoms with van der Waals surface area (Å²) in [6, 6.07) is 7.06. The highest BCUT2D eigenvalue weighted by molar-refractivity contribution is 7.78. The third-order valence-corrected chi connectivity index (χ3v) is 13.2. The van der Waals surface area contributed by atoms with Gasteiger partial charge in [-0.25, -0.2) is 4.68 Å². The summed E-state index contributed by atoms with van der Waals surface area (Å²) >= 11 is 17.1. The summed E-state index contributed by atoms with van der Waals surface area (Å²) in [6.45, 7) is -0.708. The number of rotatable bonds is 8. The molecule has 1 unspecified atom stereocenters. The van der Waals surface area contributed by atoms with Crippen LogP contribution in [0, 0.1) is 5.92 Å². The molecule has 0 radical (unpaired) electrons. The number of aryl methyl sites for hydroxylation is 1. The summed E-state index contributed by atoms with van der Waals surface area (Å²) in [7, 11) is -10.8. The van der Waals surface area contributed by atoms with Crippen LogP contribution in [0.5, 0.6) is 0 Å². The Morgan fingerprint density at radius 1 is 1.13 bits per heavy atom. The summed E-state index contributed by atoms with van der Waals surface area (Å²) in [6.07, 6.45) is -1.24. The van der Waals surface area contributed by atoms with Gasteiger partial charge in [0, 0.05) is 5.92 Å². The van der Waals surface area contributed by atoms with E-state index in [1.54, 1.807) is 0 Å². The molecule has 6 atom stereocenters. The Morgan fingerprint density at radius 2 is 1.85 bits per heavy atom. The second-order valence-electron chi connectivity index (χ2n) is 9.40. The number of nitrogens with zero attached hydrogens (tertiary/aromatic N) is 5. The molecule has 2 aromatic heterocycles. The lowest BCUT2D eigenvalue weighted by molar-refractivity contribution is -0.00372. The minimum atomic E-state index is -5.47.